The molecule has 0 radical (unpaired) electrons. The first-order valence-corrected chi connectivity index (χ1v) is 16.5. The Bertz CT molecular complexity index is 1120. The first-order chi connectivity index (χ1) is 23.9. The standard InChI is InChI=1S/C29H51NO21/c1-8-16(36)24(13(6-33)47-26(8)49-23-9(2)46-12(5-32)18(38)21(23)41)50-27-22(42)20(40)19(39)14(48-27)7-45-29(28(43)44)3-10(34)15(30)25(51-29)17(37)11(35)4-31/h8-27,31-42H,3-7,30H2,1-2H3,(H,43,44)/t8?,9-,10-,11?,12?,13+,14?,15-,16?,17?,18-,19+,20?,21?,22+,23+,24?,25?,26+,27+,29-/m1/s1. The van der Waals surface area contributed by atoms with E-state index in [1.807, 2.05) is 0 Å². The third kappa shape index (κ3) is 8.66. The molecule has 4 aliphatic rings. The van der Waals surface area contributed by atoms with Gasteiger partial charge in [0.25, 0.3) is 5.79 Å². The van der Waals surface area contributed by atoms with Gasteiger partial charge in [-0.2, -0.15) is 0 Å². The van der Waals surface area contributed by atoms with Crippen LogP contribution in [0.1, 0.15) is 20.3 Å². The van der Waals surface area contributed by atoms with Crippen molar-refractivity contribution in [2.75, 3.05) is 26.4 Å². The summed E-state index contributed by atoms with van der Waals surface area (Å²) in [4.78, 5) is 12.4. The van der Waals surface area contributed by atoms with Crippen molar-refractivity contribution in [2.45, 2.75) is 142 Å². The number of ether oxygens (including phenoxy) is 7. The number of carbonyl (C=O) groups is 1. The Morgan fingerprint density at radius 2 is 1.37 bits per heavy atom. The molecule has 0 aromatic carbocycles. The van der Waals surface area contributed by atoms with Crippen molar-refractivity contribution in [1.82, 2.24) is 0 Å². The number of rotatable bonds is 13. The van der Waals surface area contributed by atoms with E-state index in [1.54, 1.807) is 0 Å². The van der Waals surface area contributed by atoms with Gasteiger partial charge < -0.3 is 105 Å². The summed E-state index contributed by atoms with van der Waals surface area (Å²) in [6, 6.07) is -1.44. The van der Waals surface area contributed by atoms with Crippen LogP contribution < -0.4 is 5.73 Å². The van der Waals surface area contributed by atoms with Gasteiger partial charge in [-0.15, -0.1) is 0 Å². The molecule has 10 unspecified atom stereocenters. The van der Waals surface area contributed by atoms with E-state index in [2.05, 4.69) is 0 Å². The fourth-order valence-electron chi connectivity index (χ4n) is 6.58. The van der Waals surface area contributed by atoms with E-state index in [-0.39, 0.29) is 0 Å². The molecule has 4 rings (SSSR count). The van der Waals surface area contributed by atoms with Crippen molar-refractivity contribution in [1.29, 1.82) is 0 Å². The Balaban J connectivity index is 1.46. The smallest absolute Gasteiger partial charge is 0.364 e. The van der Waals surface area contributed by atoms with Crippen LogP contribution in [0.4, 0.5) is 0 Å². The third-order valence-electron chi connectivity index (χ3n) is 9.86. The molecule has 4 fully saturated rings. The number of carboxylic acids is 1. The van der Waals surface area contributed by atoms with Gasteiger partial charge in [-0.3, -0.25) is 0 Å². The van der Waals surface area contributed by atoms with Crippen molar-refractivity contribution in [3.05, 3.63) is 0 Å². The van der Waals surface area contributed by atoms with Crippen LogP contribution in [0.5, 0.6) is 0 Å². The quantitative estimate of drug-likeness (QED) is 0.0831. The number of carboxylic acid groups (broad SMARTS) is 1. The highest BCUT2D eigenvalue weighted by molar-refractivity contribution is 5.76. The predicted octanol–water partition coefficient (Wildman–Crippen LogP) is -8.23. The van der Waals surface area contributed by atoms with Gasteiger partial charge in [0.2, 0.25) is 0 Å². The third-order valence-corrected chi connectivity index (χ3v) is 9.86. The maximum Gasteiger partial charge on any atom is 0.364 e. The molecule has 0 bridgehead atoms. The molecule has 0 aliphatic carbocycles. The summed E-state index contributed by atoms with van der Waals surface area (Å²) in [5.41, 5.74) is 5.86. The molecule has 22 heteroatoms. The number of aliphatic carboxylic acids is 1. The number of nitrogens with two attached hydrogens (primary N) is 1. The van der Waals surface area contributed by atoms with Crippen molar-refractivity contribution >= 4 is 5.97 Å². The summed E-state index contributed by atoms with van der Waals surface area (Å²) in [5.74, 6) is -5.57. The first kappa shape index (κ1) is 42.4. The van der Waals surface area contributed by atoms with Crippen molar-refractivity contribution in [3.8, 4) is 0 Å². The van der Waals surface area contributed by atoms with Gasteiger partial charge in [-0.05, 0) is 6.92 Å². The van der Waals surface area contributed by atoms with Gasteiger partial charge >= 0.3 is 5.97 Å². The van der Waals surface area contributed by atoms with E-state index < -0.39 is 167 Å². The van der Waals surface area contributed by atoms with Crippen LogP contribution in [0.15, 0.2) is 0 Å². The van der Waals surface area contributed by atoms with Crippen LogP contribution in [0.3, 0.4) is 0 Å². The molecule has 51 heavy (non-hydrogen) atoms. The zero-order chi connectivity index (χ0) is 38.1. The second-order valence-corrected chi connectivity index (χ2v) is 13.4. The van der Waals surface area contributed by atoms with Crippen LogP contribution in [0.2, 0.25) is 0 Å². The predicted molar refractivity (Wildman–Crippen MR) is 160 cm³/mol. The van der Waals surface area contributed by atoms with Crippen molar-refractivity contribution in [3.63, 3.8) is 0 Å². The summed E-state index contributed by atoms with van der Waals surface area (Å²) in [5, 5.41) is 134. The Kier molecular flexibility index (Phi) is 14.5. The Labute approximate surface area is 291 Å². The lowest BCUT2D eigenvalue weighted by Gasteiger charge is -2.49. The Morgan fingerprint density at radius 3 is 1.96 bits per heavy atom. The molecule has 21 atom stereocenters. The summed E-state index contributed by atoms with van der Waals surface area (Å²) in [6.45, 7) is -0.285. The maximum atomic E-state index is 12.4. The minimum atomic E-state index is -2.76. The van der Waals surface area contributed by atoms with Gasteiger partial charge in [-0.1, -0.05) is 6.92 Å². The average molecular weight is 750 g/mol. The van der Waals surface area contributed by atoms with E-state index in [0.29, 0.717) is 0 Å². The van der Waals surface area contributed by atoms with E-state index in [1.165, 1.54) is 13.8 Å². The summed E-state index contributed by atoms with van der Waals surface area (Å²) >= 11 is 0. The molecule has 4 heterocycles. The average Bonchev–Trinajstić information content (AvgIpc) is 3.10. The molecule has 0 amide bonds. The molecule has 298 valence electrons. The molecule has 22 nitrogen and oxygen atoms in total. The van der Waals surface area contributed by atoms with E-state index in [4.69, 9.17) is 38.9 Å². The molecule has 4 aliphatic heterocycles. The van der Waals surface area contributed by atoms with Gasteiger partial charge in [0.1, 0.15) is 79.4 Å². The maximum absolute atomic E-state index is 12.4. The largest absolute Gasteiger partial charge is 0.477 e. The Morgan fingerprint density at radius 1 is 0.784 bits per heavy atom. The topological polar surface area (TPSA) is 371 Å². The lowest BCUT2D eigenvalue weighted by Crippen LogP contribution is -2.67. The summed E-state index contributed by atoms with van der Waals surface area (Å²) < 4.78 is 39.4. The highest BCUT2D eigenvalue weighted by Crippen LogP contribution is 2.36. The minimum absolute atomic E-state index is 0.573. The zero-order valence-corrected chi connectivity index (χ0v) is 27.7. The number of aliphatic hydroxyl groups excluding tert-OH is 12. The van der Waals surface area contributed by atoms with Crippen LogP contribution in [-0.4, -0.2) is 221 Å². The molecule has 0 saturated carbocycles. The Hall–Kier alpha value is -1.33. The lowest BCUT2D eigenvalue weighted by molar-refractivity contribution is -0.370. The number of hydrogen-bond acceptors (Lipinski definition) is 21. The second kappa shape index (κ2) is 17.4. The molecule has 0 aromatic heterocycles. The van der Waals surface area contributed by atoms with Gasteiger partial charge in [-0.25, -0.2) is 4.79 Å². The van der Waals surface area contributed by atoms with E-state index in [0.717, 1.165) is 0 Å². The number of aliphatic hydroxyl groups is 12. The van der Waals surface area contributed by atoms with Crippen LogP contribution in [0.25, 0.3) is 0 Å². The van der Waals surface area contributed by atoms with Crippen molar-refractivity contribution < 1.29 is 104 Å². The van der Waals surface area contributed by atoms with Gasteiger partial charge in [0.05, 0.1) is 50.8 Å². The van der Waals surface area contributed by atoms with Crippen LogP contribution >= 0.6 is 0 Å². The van der Waals surface area contributed by atoms with Crippen molar-refractivity contribution in [2.24, 2.45) is 11.7 Å². The highest BCUT2D eigenvalue weighted by atomic mass is 16.8. The molecule has 15 N–H and O–H groups in total. The van der Waals surface area contributed by atoms with Crippen LogP contribution in [-0.2, 0) is 38.0 Å². The number of hydrogen-bond donors (Lipinski definition) is 14. The van der Waals surface area contributed by atoms with E-state index >= 15 is 0 Å². The molecular weight excluding hydrogens is 698 g/mol. The lowest BCUT2D eigenvalue weighted by atomic mass is 9.89. The highest BCUT2D eigenvalue weighted by Gasteiger charge is 2.57. The molecule has 4 saturated heterocycles. The second-order valence-electron chi connectivity index (χ2n) is 13.4. The summed E-state index contributed by atoms with van der Waals surface area (Å²) in [6.07, 6.45) is -29.5. The minimum Gasteiger partial charge on any atom is -0.477 e. The molecular formula is C29H51NO21. The summed E-state index contributed by atoms with van der Waals surface area (Å²) in [7, 11) is 0. The zero-order valence-electron chi connectivity index (χ0n) is 27.7. The van der Waals surface area contributed by atoms with Gasteiger partial charge in [0.15, 0.2) is 12.6 Å². The fourth-order valence-corrected chi connectivity index (χ4v) is 6.58. The van der Waals surface area contributed by atoms with E-state index in [9.17, 15) is 71.2 Å². The monoisotopic (exact) mass is 749 g/mol. The first-order valence-electron chi connectivity index (χ1n) is 16.5. The molecule has 0 aromatic rings. The molecule has 0 spiro atoms. The fraction of sp³-hybridized carbons (Fsp3) is 0.966. The normalized spacial score (nSPS) is 49.3. The SMILES string of the molecule is CC1C(O)C(O[C@@H]2OC(CO[C@]3(C(=O)O)C[C@@H](O)[C@@H](N)C(C(O)C(O)CO)O3)[C@H](O)C(O)[C@@H]2O)[C@H](CO)O[C@H]1O[C@@H]1C(O)[C@H](O)C(CO)O[C@@H]1C. The van der Waals surface area contributed by atoms with Gasteiger partial charge in [0, 0.05) is 12.3 Å². The van der Waals surface area contributed by atoms with Crippen LogP contribution in [0, 0.1) is 5.92 Å².